The molecule has 106 valence electrons. The molecule has 2 aromatic rings. The first-order chi connectivity index (χ1) is 9.47. The second-order valence-corrected chi connectivity index (χ2v) is 5.36. The standard InChI is InChI=1S/C12H15ClN6O/c1-7-15-8(2)19(16-7)9-5-18(6-9)10-4-14-17(3)12(20)11(10)13/h4,9H,5-6H2,1-3H3. The number of rotatable bonds is 2. The van der Waals surface area contributed by atoms with Crippen LogP contribution in [0.2, 0.25) is 5.02 Å². The van der Waals surface area contributed by atoms with Crippen molar-refractivity contribution in [2.75, 3.05) is 18.0 Å². The predicted molar refractivity (Wildman–Crippen MR) is 75.2 cm³/mol. The van der Waals surface area contributed by atoms with Gasteiger partial charge in [-0.3, -0.25) is 4.79 Å². The van der Waals surface area contributed by atoms with Gasteiger partial charge in [0.2, 0.25) is 0 Å². The third-order valence-corrected chi connectivity index (χ3v) is 3.87. The van der Waals surface area contributed by atoms with Gasteiger partial charge in [-0.1, -0.05) is 11.6 Å². The topological polar surface area (TPSA) is 68.8 Å². The van der Waals surface area contributed by atoms with E-state index in [0.717, 1.165) is 24.7 Å². The van der Waals surface area contributed by atoms with Crippen LogP contribution in [0.5, 0.6) is 0 Å². The van der Waals surface area contributed by atoms with E-state index in [4.69, 9.17) is 11.6 Å². The highest BCUT2D eigenvalue weighted by Gasteiger charge is 2.32. The first-order valence-electron chi connectivity index (χ1n) is 6.34. The van der Waals surface area contributed by atoms with Crippen LogP contribution in [0.15, 0.2) is 11.0 Å². The van der Waals surface area contributed by atoms with Crippen LogP contribution in [-0.4, -0.2) is 37.6 Å². The van der Waals surface area contributed by atoms with Crippen molar-refractivity contribution in [1.29, 1.82) is 0 Å². The number of anilines is 1. The lowest BCUT2D eigenvalue weighted by Crippen LogP contribution is -2.49. The summed E-state index contributed by atoms with van der Waals surface area (Å²) in [6.07, 6.45) is 1.62. The smallest absolute Gasteiger partial charge is 0.287 e. The van der Waals surface area contributed by atoms with Gasteiger partial charge in [0, 0.05) is 20.1 Å². The summed E-state index contributed by atoms with van der Waals surface area (Å²) in [5.74, 6) is 1.68. The minimum Gasteiger partial charge on any atom is -0.364 e. The molecule has 0 bridgehead atoms. The van der Waals surface area contributed by atoms with Crippen LogP contribution in [0.1, 0.15) is 17.7 Å². The van der Waals surface area contributed by atoms with E-state index in [2.05, 4.69) is 15.2 Å². The van der Waals surface area contributed by atoms with Gasteiger partial charge in [-0.05, 0) is 13.8 Å². The Hall–Kier alpha value is -1.89. The maximum atomic E-state index is 11.8. The molecule has 2 aromatic heterocycles. The zero-order valence-electron chi connectivity index (χ0n) is 11.5. The van der Waals surface area contributed by atoms with E-state index in [1.54, 1.807) is 13.2 Å². The minimum atomic E-state index is -0.277. The minimum absolute atomic E-state index is 0.215. The highest BCUT2D eigenvalue weighted by atomic mass is 35.5. The Labute approximate surface area is 120 Å². The third kappa shape index (κ3) is 1.98. The van der Waals surface area contributed by atoms with Crippen LogP contribution in [0.25, 0.3) is 0 Å². The van der Waals surface area contributed by atoms with Gasteiger partial charge in [-0.25, -0.2) is 14.3 Å². The predicted octanol–water partition coefficient (Wildman–Crippen LogP) is 0.703. The molecular formula is C12H15ClN6O. The number of halogens is 1. The average Bonchev–Trinajstić information content (AvgIpc) is 2.67. The molecule has 0 aliphatic carbocycles. The first-order valence-corrected chi connectivity index (χ1v) is 6.71. The molecule has 0 amide bonds. The quantitative estimate of drug-likeness (QED) is 0.816. The summed E-state index contributed by atoms with van der Waals surface area (Å²) in [6, 6.07) is 0.260. The van der Waals surface area contributed by atoms with Gasteiger partial charge in [0.05, 0.1) is 17.9 Å². The molecule has 0 saturated carbocycles. The summed E-state index contributed by atoms with van der Waals surface area (Å²) >= 11 is 6.09. The molecule has 7 nitrogen and oxygen atoms in total. The largest absolute Gasteiger partial charge is 0.364 e. The first kappa shape index (κ1) is 13.1. The van der Waals surface area contributed by atoms with E-state index in [9.17, 15) is 4.79 Å². The highest BCUT2D eigenvalue weighted by molar-refractivity contribution is 6.33. The molecule has 0 atom stereocenters. The summed E-state index contributed by atoms with van der Waals surface area (Å²) < 4.78 is 3.16. The van der Waals surface area contributed by atoms with Crippen LogP contribution < -0.4 is 10.5 Å². The zero-order chi connectivity index (χ0) is 14.4. The SMILES string of the molecule is Cc1nc(C)n(C2CN(c3cnn(C)c(=O)c3Cl)C2)n1. The lowest BCUT2D eigenvalue weighted by Gasteiger charge is -2.41. The number of aromatic nitrogens is 5. The van der Waals surface area contributed by atoms with E-state index < -0.39 is 0 Å². The Morgan fingerprint density at radius 3 is 2.65 bits per heavy atom. The second kappa shape index (κ2) is 4.59. The van der Waals surface area contributed by atoms with Crippen LogP contribution >= 0.6 is 11.6 Å². The van der Waals surface area contributed by atoms with Crippen LogP contribution in [0.4, 0.5) is 5.69 Å². The summed E-state index contributed by atoms with van der Waals surface area (Å²) in [7, 11) is 1.58. The summed E-state index contributed by atoms with van der Waals surface area (Å²) in [4.78, 5) is 18.1. The van der Waals surface area contributed by atoms with E-state index in [1.807, 2.05) is 23.4 Å². The molecular weight excluding hydrogens is 280 g/mol. The van der Waals surface area contributed by atoms with Gasteiger partial charge in [0.1, 0.15) is 16.7 Å². The van der Waals surface area contributed by atoms with Crippen molar-refractivity contribution in [3.8, 4) is 0 Å². The fraction of sp³-hybridized carbons (Fsp3) is 0.500. The Kier molecular flexibility index (Phi) is 3.01. The summed E-state index contributed by atoms with van der Waals surface area (Å²) in [5.41, 5.74) is 0.404. The maximum Gasteiger partial charge on any atom is 0.287 e. The molecule has 20 heavy (non-hydrogen) atoms. The highest BCUT2D eigenvalue weighted by Crippen LogP contribution is 2.30. The molecule has 3 heterocycles. The van der Waals surface area contributed by atoms with Crippen molar-refractivity contribution in [3.63, 3.8) is 0 Å². The van der Waals surface area contributed by atoms with Gasteiger partial charge in [0.25, 0.3) is 5.56 Å². The van der Waals surface area contributed by atoms with E-state index in [0.29, 0.717) is 5.69 Å². The van der Waals surface area contributed by atoms with Gasteiger partial charge < -0.3 is 4.90 Å². The van der Waals surface area contributed by atoms with E-state index >= 15 is 0 Å². The monoisotopic (exact) mass is 294 g/mol. The van der Waals surface area contributed by atoms with Crippen LogP contribution in [-0.2, 0) is 7.05 Å². The van der Waals surface area contributed by atoms with Crippen molar-refractivity contribution in [2.45, 2.75) is 19.9 Å². The number of hydrogen-bond donors (Lipinski definition) is 0. The van der Waals surface area contributed by atoms with Gasteiger partial charge in [-0.2, -0.15) is 10.2 Å². The Morgan fingerprint density at radius 1 is 1.35 bits per heavy atom. The molecule has 0 unspecified atom stereocenters. The van der Waals surface area contributed by atoms with Gasteiger partial charge in [-0.15, -0.1) is 0 Å². The van der Waals surface area contributed by atoms with Crippen LogP contribution in [0.3, 0.4) is 0 Å². The van der Waals surface area contributed by atoms with Crippen molar-refractivity contribution < 1.29 is 0 Å². The van der Waals surface area contributed by atoms with Crippen molar-refractivity contribution in [1.82, 2.24) is 24.5 Å². The number of hydrogen-bond acceptors (Lipinski definition) is 5. The Morgan fingerprint density at radius 2 is 2.05 bits per heavy atom. The van der Waals surface area contributed by atoms with Crippen LogP contribution in [0, 0.1) is 13.8 Å². The molecule has 3 rings (SSSR count). The Bertz CT molecular complexity index is 715. The van der Waals surface area contributed by atoms with E-state index in [-0.39, 0.29) is 16.6 Å². The molecule has 0 N–H and O–H groups in total. The summed E-state index contributed by atoms with van der Waals surface area (Å²) in [6.45, 7) is 5.31. The molecule has 1 aliphatic rings. The summed E-state index contributed by atoms with van der Waals surface area (Å²) in [5, 5.41) is 8.60. The fourth-order valence-electron chi connectivity index (χ4n) is 2.41. The zero-order valence-corrected chi connectivity index (χ0v) is 12.3. The molecule has 8 heteroatoms. The van der Waals surface area contributed by atoms with Crippen molar-refractivity contribution >= 4 is 17.3 Å². The average molecular weight is 295 g/mol. The fourth-order valence-corrected chi connectivity index (χ4v) is 2.70. The maximum absolute atomic E-state index is 11.8. The lowest BCUT2D eigenvalue weighted by atomic mass is 10.1. The molecule has 0 spiro atoms. The lowest BCUT2D eigenvalue weighted by molar-refractivity contribution is 0.359. The second-order valence-electron chi connectivity index (χ2n) is 4.98. The molecule has 0 aromatic carbocycles. The normalized spacial score (nSPS) is 15.5. The number of aryl methyl sites for hydroxylation is 3. The van der Waals surface area contributed by atoms with Crippen molar-refractivity contribution in [3.05, 3.63) is 33.2 Å². The van der Waals surface area contributed by atoms with E-state index in [1.165, 1.54) is 4.68 Å². The third-order valence-electron chi connectivity index (χ3n) is 3.52. The number of nitrogens with zero attached hydrogens (tertiary/aromatic N) is 6. The molecule has 1 fully saturated rings. The van der Waals surface area contributed by atoms with Gasteiger partial charge in [0.15, 0.2) is 0 Å². The molecule has 1 aliphatic heterocycles. The molecule has 0 radical (unpaired) electrons. The Balaban J connectivity index is 1.80. The molecule has 1 saturated heterocycles. The van der Waals surface area contributed by atoms with Crippen molar-refractivity contribution in [2.24, 2.45) is 7.05 Å². The van der Waals surface area contributed by atoms with Gasteiger partial charge >= 0.3 is 0 Å².